The molecule has 0 aliphatic rings. The fourth-order valence-electron chi connectivity index (χ4n) is 1.33. The number of hydrogen-bond donors (Lipinski definition) is 1. The van der Waals surface area contributed by atoms with Crippen molar-refractivity contribution in [3.8, 4) is 17.0 Å². The summed E-state index contributed by atoms with van der Waals surface area (Å²) in [5.74, 6) is -0.814. The molecule has 1 aromatic heterocycles. The molecule has 0 fully saturated rings. The van der Waals surface area contributed by atoms with E-state index in [4.69, 9.17) is 21.4 Å². The van der Waals surface area contributed by atoms with Crippen molar-refractivity contribution in [3.05, 3.63) is 35.0 Å². The Bertz CT molecular complexity index is 564. The van der Waals surface area contributed by atoms with Crippen LogP contribution in [0.2, 0.25) is 5.02 Å². The van der Waals surface area contributed by atoms with Crippen molar-refractivity contribution in [1.82, 2.24) is 5.16 Å². The van der Waals surface area contributed by atoms with Crippen LogP contribution in [-0.4, -0.2) is 23.3 Å². The van der Waals surface area contributed by atoms with Crippen LogP contribution in [-0.2, 0) is 0 Å². The van der Waals surface area contributed by atoms with Crippen LogP contribution in [0, 0.1) is 0 Å². The molecule has 0 saturated carbocycles. The van der Waals surface area contributed by atoms with Gasteiger partial charge < -0.3 is 14.4 Å². The van der Waals surface area contributed by atoms with Gasteiger partial charge in [-0.15, -0.1) is 0 Å². The molecule has 2 rings (SSSR count). The number of aromatic nitrogens is 1. The first-order chi connectivity index (χ1) is 8.11. The van der Waals surface area contributed by atoms with E-state index < -0.39 is 5.97 Å². The number of benzene rings is 1. The van der Waals surface area contributed by atoms with Gasteiger partial charge in [0.25, 0.3) is 0 Å². The quantitative estimate of drug-likeness (QED) is 0.910. The molecule has 0 amide bonds. The molecule has 0 saturated heterocycles. The van der Waals surface area contributed by atoms with Crippen LogP contribution in [0.25, 0.3) is 11.3 Å². The van der Waals surface area contributed by atoms with E-state index in [1.807, 2.05) is 0 Å². The van der Waals surface area contributed by atoms with Gasteiger partial charge in [0.2, 0.25) is 5.76 Å². The lowest BCUT2D eigenvalue weighted by Gasteiger charge is -2.03. The van der Waals surface area contributed by atoms with E-state index in [0.29, 0.717) is 22.0 Å². The summed E-state index contributed by atoms with van der Waals surface area (Å²) >= 11 is 5.99. The van der Waals surface area contributed by atoms with Crippen LogP contribution in [0.4, 0.5) is 0 Å². The maximum Gasteiger partial charge on any atom is 0.374 e. The predicted molar refractivity (Wildman–Crippen MR) is 60.5 cm³/mol. The van der Waals surface area contributed by atoms with Gasteiger partial charge in [0, 0.05) is 11.6 Å². The highest BCUT2D eigenvalue weighted by Crippen LogP contribution is 2.30. The zero-order chi connectivity index (χ0) is 12.4. The average molecular weight is 254 g/mol. The Morgan fingerprint density at radius 3 is 2.82 bits per heavy atom. The van der Waals surface area contributed by atoms with Gasteiger partial charge in [0.1, 0.15) is 11.4 Å². The van der Waals surface area contributed by atoms with Crippen molar-refractivity contribution < 1.29 is 19.2 Å². The van der Waals surface area contributed by atoms with Crippen LogP contribution in [0.15, 0.2) is 28.8 Å². The standard InChI is InChI=1S/C11H8ClNO4/c1-16-6-2-3-8(12)7(4-6)9-5-10(11(14)15)17-13-9/h2-5H,1H3,(H,14,15). The molecule has 5 nitrogen and oxygen atoms in total. The van der Waals surface area contributed by atoms with Crippen LogP contribution < -0.4 is 4.74 Å². The number of ether oxygens (including phenoxy) is 1. The van der Waals surface area contributed by atoms with Gasteiger partial charge in [-0.3, -0.25) is 0 Å². The Morgan fingerprint density at radius 2 is 2.24 bits per heavy atom. The molecular weight excluding hydrogens is 246 g/mol. The summed E-state index contributed by atoms with van der Waals surface area (Å²) in [7, 11) is 1.53. The minimum Gasteiger partial charge on any atom is -0.497 e. The number of carboxylic acids is 1. The monoisotopic (exact) mass is 253 g/mol. The third-order valence-corrected chi connectivity index (χ3v) is 2.50. The van der Waals surface area contributed by atoms with Crippen LogP contribution in [0.1, 0.15) is 10.6 Å². The Morgan fingerprint density at radius 1 is 1.47 bits per heavy atom. The van der Waals surface area contributed by atoms with E-state index in [0.717, 1.165) is 0 Å². The van der Waals surface area contributed by atoms with E-state index in [1.165, 1.54) is 13.2 Å². The lowest BCUT2D eigenvalue weighted by atomic mass is 10.1. The van der Waals surface area contributed by atoms with Gasteiger partial charge in [-0.1, -0.05) is 16.8 Å². The summed E-state index contributed by atoms with van der Waals surface area (Å²) in [5.41, 5.74) is 0.911. The van der Waals surface area contributed by atoms with E-state index in [-0.39, 0.29) is 5.76 Å². The van der Waals surface area contributed by atoms with Crippen molar-refractivity contribution in [1.29, 1.82) is 0 Å². The molecule has 17 heavy (non-hydrogen) atoms. The highest BCUT2D eigenvalue weighted by molar-refractivity contribution is 6.33. The van der Waals surface area contributed by atoms with Crippen molar-refractivity contribution in [2.75, 3.05) is 7.11 Å². The van der Waals surface area contributed by atoms with Crippen LogP contribution in [0.5, 0.6) is 5.75 Å². The third-order valence-electron chi connectivity index (χ3n) is 2.17. The predicted octanol–water partition coefficient (Wildman–Crippen LogP) is 2.70. The number of rotatable bonds is 3. The first kappa shape index (κ1) is 11.5. The second-order valence-electron chi connectivity index (χ2n) is 3.23. The van der Waals surface area contributed by atoms with Gasteiger partial charge in [-0.2, -0.15) is 0 Å². The minimum atomic E-state index is -1.18. The van der Waals surface area contributed by atoms with Gasteiger partial charge in [-0.05, 0) is 18.2 Å². The molecule has 1 aromatic carbocycles. The first-order valence-corrected chi connectivity index (χ1v) is 5.03. The molecule has 1 N–H and O–H groups in total. The third kappa shape index (κ3) is 2.24. The highest BCUT2D eigenvalue weighted by atomic mass is 35.5. The molecular formula is C11H8ClNO4. The average Bonchev–Trinajstić information content (AvgIpc) is 2.79. The zero-order valence-corrected chi connectivity index (χ0v) is 9.56. The van der Waals surface area contributed by atoms with Gasteiger partial charge >= 0.3 is 5.97 Å². The number of hydrogen-bond acceptors (Lipinski definition) is 4. The highest BCUT2D eigenvalue weighted by Gasteiger charge is 2.14. The number of carboxylic acid groups (broad SMARTS) is 1. The number of halogens is 1. The minimum absolute atomic E-state index is 0.237. The summed E-state index contributed by atoms with van der Waals surface area (Å²) < 4.78 is 9.71. The second-order valence-corrected chi connectivity index (χ2v) is 3.63. The number of methoxy groups -OCH3 is 1. The largest absolute Gasteiger partial charge is 0.497 e. The van der Waals surface area contributed by atoms with E-state index >= 15 is 0 Å². The molecule has 0 spiro atoms. The second kappa shape index (κ2) is 4.47. The fraction of sp³-hybridized carbons (Fsp3) is 0.0909. The number of aromatic carboxylic acids is 1. The van der Waals surface area contributed by atoms with E-state index in [2.05, 4.69) is 9.68 Å². The van der Waals surface area contributed by atoms with Crippen LogP contribution in [0.3, 0.4) is 0 Å². The number of carbonyl (C=O) groups is 1. The SMILES string of the molecule is COc1ccc(Cl)c(-c2cc(C(=O)O)on2)c1. The lowest BCUT2D eigenvalue weighted by molar-refractivity contribution is 0.0652. The molecule has 88 valence electrons. The van der Waals surface area contributed by atoms with Crippen molar-refractivity contribution in [2.24, 2.45) is 0 Å². The molecule has 1 heterocycles. The molecule has 0 aliphatic carbocycles. The molecule has 0 aliphatic heterocycles. The Labute approximate surface area is 102 Å². The van der Waals surface area contributed by atoms with Crippen molar-refractivity contribution in [3.63, 3.8) is 0 Å². The van der Waals surface area contributed by atoms with Crippen molar-refractivity contribution in [2.45, 2.75) is 0 Å². The molecule has 0 radical (unpaired) electrons. The summed E-state index contributed by atoms with van der Waals surface area (Å²) in [5, 5.41) is 12.8. The first-order valence-electron chi connectivity index (χ1n) is 4.65. The summed E-state index contributed by atoms with van der Waals surface area (Å²) in [4.78, 5) is 10.7. The molecule has 0 unspecified atom stereocenters. The molecule has 2 aromatic rings. The summed E-state index contributed by atoms with van der Waals surface area (Å²) in [6, 6.07) is 6.31. The van der Waals surface area contributed by atoms with Gasteiger partial charge in [-0.25, -0.2) is 4.79 Å². The normalized spacial score (nSPS) is 10.2. The zero-order valence-electron chi connectivity index (χ0n) is 8.81. The Kier molecular flexibility index (Phi) is 3.01. The molecule has 0 bridgehead atoms. The van der Waals surface area contributed by atoms with Gasteiger partial charge in [0.05, 0.1) is 12.1 Å². The summed E-state index contributed by atoms with van der Waals surface area (Å²) in [6.07, 6.45) is 0. The molecule has 0 atom stereocenters. The topological polar surface area (TPSA) is 72.6 Å². The lowest BCUT2D eigenvalue weighted by Crippen LogP contribution is -1.91. The van der Waals surface area contributed by atoms with Crippen molar-refractivity contribution >= 4 is 17.6 Å². The van der Waals surface area contributed by atoms with Gasteiger partial charge in [0.15, 0.2) is 0 Å². The smallest absolute Gasteiger partial charge is 0.374 e. The van der Waals surface area contributed by atoms with Crippen LogP contribution >= 0.6 is 11.6 Å². The fourth-order valence-corrected chi connectivity index (χ4v) is 1.54. The molecule has 6 heteroatoms. The number of nitrogens with zero attached hydrogens (tertiary/aromatic N) is 1. The maximum absolute atomic E-state index is 10.7. The Balaban J connectivity index is 2.47. The van der Waals surface area contributed by atoms with E-state index in [9.17, 15) is 4.79 Å². The Hall–Kier alpha value is -2.01. The maximum atomic E-state index is 10.7. The van der Waals surface area contributed by atoms with E-state index in [1.54, 1.807) is 18.2 Å². The summed E-state index contributed by atoms with van der Waals surface area (Å²) in [6.45, 7) is 0.